The summed E-state index contributed by atoms with van der Waals surface area (Å²) in [6.07, 6.45) is 8.81. The van der Waals surface area contributed by atoms with E-state index in [2.05, 4.69) is 32.9 Å². The average Bonchev–Trinajstić information content (AvgIpc) is 3.24. The van der Waals surface area contributed by atoms with Crippen molar-refractivity contribution in [2.75, 3.05) is 44.2 Å². The molecular weight excluding hydrogens is 380 g/mol. The maximum atomic E-state index is 13.1. The quantitative estimate of drug-likeness (QED) is 0.764. The van der Waals surface area contributed by atoms with Gasteiger partial charge in [-0.3, -0.25) is 9.69 Å². The number of anilines is 1. The maximum absolute atomic E-state index is 13.1. The second-order valence-corrected chi connectivity index (χ2v) is 9.89. The molecule has 0 spiro atoms. The van der Waals surface area contributed by atoms with Crippen LogP contribution >= 0.6 is 11.3 Å². The monoisotopic (exact) mass is 412 g/mol. The average molecular weight is 413 g/mol. The summed E-state index contributed by atoms with van der Waals surface area (Å²) < 4.78 is 1.25. The Bertz CT molecular complexity index is 797. The van der Waals surface area contributed by atoms with Crippen molar-refractivity contribution in [3.8, 4) is 0 Å². The summed E-state index contributed by atoms with van der Waals surface area (Å²) in [5.74, 6) is 0.596. The molecule has 0 radical (unpaired) electrons. The van der Waals surface area contributed by atoms with E-state index in [1.165, 1.54) is 36.8 Å². The second-order valence-electron chi connectivity index (χ2n) is 8.88. The molecule has 3 aliphatic rings. The van der Waals surface area contributed by atoms with Crippen molar-refractivity contribution in [2.45, 2.75) is 51.0 Å². The molecule has 6 heteroatoms. The number of amides is 1. The van der Waals surface area contributed by atoms with Gasteiger partial charge in [-0.2, -0.15) is 0 Å². The van der Waals surface area contributed by atoms with Crippen molar-refractivity contribution in [1.82, 2.24) is 14.8 Å². The van der Waals surface area contributed by atoms with Crippen molar-refractivity contribution in [1.29, 1.82) is 0 Å². The Morgan fingerprint density at radius 3 is 2.34 bits per heavy atom. The summed E-state index contributed by atoms with van der Waals surface area (Å²) in [5.41, 5.74) is 1.08. The summed E-state index contributed by atoms with van der Waals surface area (Å²) in [6.45, 7) is 5.87. The fourth-order valence-electron chi connectivity index (χ4n) is 5.32. The van der Waals surface area contributed by atoms with Gasteiger partial charge in [0.15, 0.2) is 5.13 Å². The van der Waals surface area contributed by atoms with Crippen LogP contribution in [-0.4, -0.2) is 66.0 Å². The molecule has 1 aliphatic carbocycles. The number of piperazine rings is 1. The highest BCUT2D eigenvalue weighted by atomic mass is 32.1. The molecule has 29 heavy (non-hydrogen) atoms. The third-order valence-corrected chi connectivity index (χ3v) is 8.21. The standard InChI is InChI=1S/C23H32N4OS/c28-22(26-16-14-25(15-17-26)19-6-2-1-3-7-19)18-10-12-27(13-11-18)23-24-20-8-4-5-9-21(20)29-23/h4-5,8-9,18-19H,1-3,6-7,10-17H2. The van der Waals surface area contributed by atoms with E-state index >= 15 is 0 Å². The van der Waals surface area contributed by atoms with Crippen molar-refractivity contribution < 1.29 is 4.79 Å². The molecule has 3 fully saturated rings. The summed E-state index contributed by atoms with van der Waals surface area (Å²) in [4.78, 5) is 25.1. The Morgan fingerprint density at radius 1 is 0.897 bits per heavy atom. The molecule has 1 aromatic carbocycles. The third kappa shape index (κ3) is 4.15. The number of aromatic nitrogens is 1. The van der Waals surface area contributed by atoms with Gasteiger partial charge in [-0.15, -0.1) is 0 Å². The van der Waals surface area contributed by atoms with Crippen LogP contribution in [0.5, 0.6) is 0 Å². The topological polar surface area (TPSA) is 39.7 Å². The number of fused-ring (bicyclic) bond motifs is 1. The number of para-hydroxylation sites is 1. The molecule has 2 saturated heterocycles. The molecule has 5 rings (SSSR count). The number of thiazole rings is 1. The summed E-state index contributed by atoms with van der Waals surface area (Å²) in [6, 6.07) is 9.12. The first-order valence-electron chi connectivity index (χ1n) is 11.4. The minimum Gasteiger partial charge on any atom is -0.348 e. The van der Waals surface area contributed by atoms with E-state index in [4.69, 9.17) is 4.98 Å². The first-order valence-corrected chi connectivity index (χ1v) is 12.2. The van der Waals surface area contributed by atoms with Crippen LogP contribution in [0.3, 0.4) is 0 Å². The number of rotatable bonds is 3. The molecule has 1 amide bonds. The van der Waals surface area contributed by atoms with Crippen LogP contribution in [0.1, 0.15) is 44.9 Å². The van der Waals surface area contributed by atoms with Gasteiger partial charge in [0.05, 0.1) is 10.2 Å². The van der Waals surface area contributed by atoms with E-state index in [1.54, 1.807) is 11.3 Å². The molecule has 156 valence electrons. The Balaban J connectivity index is 1.12. The van der Waals surface area contributed by atoms with Gasteiger partial charge in [0.1, 0.15) is 0 Å². The molecule has 0 N–H and O–H groups in total. The lowest BCUT2D eigenvalue weighted by molar-refractivity contribution is -0.138. The largest absolute Gasteiger partial charge is 0.348 e. The molecule has 1 saturated carbocycles. The highest BCUT2D eigenvalue weighted by molar-refractivity contribution is 7.22. The Kier molecular flexibility index (Phi) is 5.73. The van der Waals surface area contributed by atoms with Gasteiger partial charge in [-0.05, 0) is 37.8 Å². The molecule has 2 aliphatic heterocycles. The second kappa shape index (κ2) is 8.60. The zero-order valence-corrected chi connectivity index (χ0v) is 18.1. The van der Waals surface area contributed by atoms with Crippen LogP contribution in [-0.2, 0) is 4.79 Å². The lowest BCUT2D eigenvalue weighted by Gasteiger charge is -2.42. The molecule has 0 bridgehead atoms. The zero-order valence-electron chi connectivity index (χ0n) is 17.3. The molecule has 0 atom stereocenters. The molecular formula is C23H32N4OS. The van der Waals surface area contributed by atoms with Crippen molar-refractivity contribution in [3.63, 3.8) is 0 Å². The number of nitrogens with zero attached hydrogens (tertiary/aromatic N) is 4. The first-order chi connectivity index (χ1) is 14.3. The molecule has 3 heterocycles. The lowest BCUT2D eigenvalue weighted by Crippen LogP contribution is -2.54. The number of hydrogen-bond donors (Lipinski definition) is 0. The third-order valence-electron chi connectivity index (χ3n) is 7.11. The Morgan fingerprint density at radius 2 is 1.62 bits per heavy atom. The van der Waals surface area contributed by atoms with Crippen molar-refractivity contribution in [3.05, 3.63) is 24.3 Å². The van der Waals surface area contributed by atoms with E-state index in [0.717, 1.165) is 68.8 Å². The molecule has 1 aromatic heterocycles. The maximum Gasteiger partial charge on any atom is 0.225 e. The predicted molar refractivity (Wildman–Crippen MR) is 120 cm³/mol. The van der Waals surface area contributed by atoms with Crippen LogP contribution in [0.2, 0.25) is 0 Å². The Hall–Kier alpha value is -1.66. The summed E-state index contributed by atoms with van der Waals surface area (Å²) in [7, 11) is 0. The number of benzene rings is 1. The smallest absolute Gasteiger partial charge is 0.225 e. The minimum absolute atomic E-state index is 0.196. The lowest BCUT2D eigenvalue weighted by atomic mass is 9.93. The zero-order chi connectivity index (χ0) is 19.6. The normalized spacial score (nSPS) is 23.0. The van der Waals surface area contributed by atoms with Gasteiger partial charge in [0.2, 0.25) is 5.91 Å². The van der Waals surface area contributed by atoms with E-state index in [1.807, 2.05) is 6.07 Å². The van der Waals surface area contributed by atoms with Crippen molar-refractivity contribution in [2.24, 2.45) is 5.92 Å². The summed E-state index contributed by atoms with van der Waals surface area (Å²) in [5, 5.41) is 1.11. The molecule has 2 aromatic rings. The van der Waals surface area contributed by atoms with Gasteiger partial charge in [-0.1, -0.05) is 42.7 Å². The number of carbonyl (C=O) groups excluding carboxylic acids is 1. The number of carbonyl (C=O) groups is 1. The van der Waals surface area contributed by atoms with E-state index in [9.17, 15) is 4.79 Å². The van der Waals surface area contributed by atoms with E-state index in [-0.39, 0.29) is 5.92 Å². The van der Waals surface area contributed by atoms with Crippen LogP contribution < -0.4 is 4.90 Å². The van der Waals surface area contributed by atoms with Gasteiger partial charge in [0.25, 0.3) is 0 Å². The minimum atomic E-state index is 0.196. The SMILES string of the molecule is O=C(C1CCN(c2nc3ccccc3s2)CC1)N1CCN(C2CCCCC2)CC1. The summed E-state index contributed by atoms with van der Waals surface area (Å²) >= 11 is 1.77. The predicted octanol–water partition coefficient (Wildman–Crippen LogP) is 3.99. The van der Waals surface area contributed by atoms with E-state index < -0.39 is 0 Å². The van der Waals surface area contributed by atoms with Gasteiger partial charge < -0.3 is 9.80 Å². The van der Waals surface area contributed by atoms with Gasteiger partial charge in [-0.25, -0.2) is 4.98 Å². The van der Waals surface area contributed by atoms with Crippen LogP contribution in [0.4, 0.5) is 5.13 Å². The molecule has 5 nitrogen and oxygen atoms in total. The molecule has 0 unspecified atom stereocenters. The van der Waals surface area contributed by atoms with Crippen LogP contribution in [0.25, 0.3) is 10.2 Å². The van der Waals surface area contributed by atoms with Crippen molar-refractivity contribution >= 4 is 32.6 Å². The van der Waals surface area contributed by atoms with Crippen LogP contribution in [0, 0.1) is 5.92 Å². The van der Waals surface area contributed by atoms with E-state index in [0.29, 0.717) is 5.91 Å². The number of hydrogen-bond acceptors (Lipinski definition) is 5. The highest BCUT2D eigenvalue weighted by Gasteiger charge is 2.32. The Labute approximate surface area is 177 Å². The van der Waals surface area contributed by atoms with Crippen LogP contribution in [0.15, 0.2) is 24.3 Å². The highest BCUT2D eigenvalue weighted by Crippen LogP contribution is 2.32. The van der Waals surface area contributed by atoms with Gasteiger partial charge in [0, 0.05) is 51.2 Å². The van der Waals surface area contributed by atoms with Gasteiger partial charge >= 0.3 is 0 Å². The fourth-order valence-corrected chi connectivity index (χ4v) is 6.34. The first kappa shape index (κ1) is 19.3. The number of piperidine rings is 1. The fraction of sp³-hybridized carbons (Fsp3) is 0.652.